The van der Waals surface area contributed by atoms with Crippen molar-refractivity contribution in [2.24, 2.45) is 0 Å². The van der Waals surface area contributed by atoms with Crippen LogP contribution in [0.1, 0.15) is 25.3 Å². The van der Waals surface area contributed by atoms with Crippen molar-refractivity contribution in [1.29, 1.82) is 0 Å². The fourth-order valence-electron chi connectivity index (χ4n) is 2.50. The number of hydrogen-bond acceptors (Lipinski definition) is 5. The lowest BCUT2D eigenvalue weighted by molar-refractivity contribution is 0.115. The lowest BCUT2D eigenvalue weighted by Crippen LogP contribution is -2.23. The van der Waals surface area contributed by atoms with Crippen molar-refractivity contribution >= 4 is 22.5 Å². The number of nitrogen functional groups attached to an aromatic ring is 1. The van der Waals surface area contributed by atoms with Crippen LogP contribution in [0.3, 0.4) is 0 Å². The molecule has 0 aromatic carbocycles. The van der Waals surface area contributed by atoms with Gasteiger partial charge >= 0.3 is 0 Å². The molecule has 0 unspecified atom stereocenters. The quantitative estimate of drug-likeness (QED) is 0.864. The lowest BCUT2D eigenvalue weighted by atomic mass is 10.1. The minimum absolute atomic E-state index is 0.304. The van der Waals surface area contributed by atoms with Gasteiger partial charge < -0.3 is 15.8 Å². The van der Waals surface area contributed by atoms with Crippen LogP contribution < -0.4 is 11.1 Å². The SMILES string of the molecule is CCC[C@H]1COCc2c(N)nc3cccnc3c2N1. The number of hydrogen-bond donors (Lipinski definition) is 2. The van der Waals surface area contributed by atoms with E-state index in [1.165, 1.54) is 0 Å². The van der Waals surface area contributed by atoms with Crippen LogP contribution >= 0.6 is 0 Å². The summed E-state index contributed by atoms with van der Waals surface area (Å²) in [7, 11) is 0. The van der Waals surface area contributed by atoms with Crippen molar-refractivity contribution in [2.75, 3.05) is 17.7 Å². The van der Waals surface area contributed by atoms with E-state index in [2.05, 4.69) is 22.2 Å². The van der Waals surface area contributed by atoms with Gasteiger partial charge in [0.05, 0.1) is 24.4 Å². The van der Waals surface area contributed by atoms with Crippen LogP contribution in [0.5, 0.6) is 0 Å². The summed E-state index contributed by atoms with van der Waals surface area (Å²) in [6, 6.07) is 4.11. The standard InChI is InChI=1S/C14H18N4O/c1-2-4-9-7-19-8-10-12(17-9)13-11(18-14(10)15)5-3-6-16-13/h3,5-6,9,17H,2,4,7-8H2,1H3,(H2,15,18)/t9-/m0/s1. The van der Waals surface area contributed by atoms with Crippen LogP contribution in [0.25, 0.3) is 11.0 Å². The summed E-state index contributed by atoms with van der Waals surface area (Å²) in [6.07, 6.45) is 3.96. The van der Waals surface area contributed by atoms with Crippen molar-refractivity contribution in [3.63, 3.8) is 0 Å². The van der Waals surface area contributed by atoms with E-state index in [1.54, 1.807) is 6.20 Å². The highest BCUT2D eigenvalue weighted by molar-refractivity contribution is 5.92. The fraction of sp³-hybridized carbons (Fsp3) is 0.429. The van der Waals surface area contributed by atoms with E-state index in [1.807, 2.05) is 12.1 Å². The summed E-state index contributed by atoms with van der Waals surface area (Å²) in [5.74, 6) is 0.528. The molecular formula is C14H18N4O. The maximum absolute atomic E-state index is 6.04. The first-order valence-corrected chi connectivity index (χ1v) is 6.67. The van der Waals surface area contributed by atoms with Gasteiger partial charge in [-0.15, -0.1) is 0 Å². The topological polar surface area (TPSA) is 73.1 Å². The zero-order chi connectivity index (χ0) is 13.2. The van der Waals surface area contributed by atoms with E-state index in [4.69, 9.17) is 10.5 Å². The summed E-state index contributed by atoms with van der Waals surface area (Å²) < 4.78 is 5.71. The van der Waals surface area contributed by atoms with Gasteiger partial charge in [-0.1, -0.05) is 13.3 Å². The Bertz CT molecular complexity index is 599. The second kappa shape index (κ2) is 5.01. The number of nitrogens with one attached hydrogen (secondary N) is 1. The Hall–Kier alpha value is -1.88. The number of nitrogens with zero attached hydrogens (tertiary/aromatic N) is 2. The monoisotopic (exact) mass is 258 g/mol. The summed E-state index contributed by atoms with van der Waals surface area (Å²) >= 11 is 0. The smallest absolute Gasteiger partial charge is 0.131 e. The van der Waals surface area contributed by atoms with Gasteiger partial charge in [0.1, 0.15) is 11.3 Å². The Labute approximate surface area is 112 Å². The van der Waals surface area contributed by atoms with Crippen LogP contribution in [0.15, 0.2) is 18.3 Å². The van der Waals surface area contributed by atoms with Gasteiger partial charge in [-0.3, -0.25) is 4.98 Å². The molecule has 0 radical (unpaired) electrons. The fourth-order valence-corrected chi connectivity index (χ4v) is 2.50. The van der Waals surface area contributed by atoms with Crippen LogP contribution in [-0.4, -0.2) is 22.6 Å². The average molecular weight is 258 g/mol. The third-order valence-corrected chi connectivity index (χ3v) is 3.43. The van der Waals surface area contributed by atoms with Crippen LogP contribution in [0, 0.1) is 0 Å². The number of fused-ring (bicyclic) bond motifs is 3. The lowest BCUT2D eigenvalue weighted by Gasteiger charge is -2.17. The molecule has 0 aliphatic carbocycles. The number of ether oxygens (including phenoxy) is 1. The molecule has 0 amide bonds. The highest BCUT2D eigenvalue weighted by Gasteiger charge is 2.21. The molecular weight excluding hydrogens is 240 g/mol. The second-order valence-corrected chi connectivity index (χ2v) is 4.87. The highest BCUT2D eigenvalue weighted by atomic mass is 16.5. The molecule has 3 N–H and O–H groups in total. The van der Waals surface area contributed by atoms with E-state index in [-0.39, 0.29) is 0 Å². The molecule has 1 aliphatic rings. The van der Waals surface area contributed by atoms with E-state index in [0.29, 0.717) is 25.1 Å². The Morgan fingerprint density at radius 1 is 1.53 bits per heavy atom. The zero-order valence-corrected chi connectivity index (χ0v) is 11.0. The zero-order valence-electron chi connectivity index (χ0n) is 11.0. The molecule has 0 saturated heterocycles. The van der Waals surface area contributed by atoms with Crippen molar-refractivity contribution < 1.29 is 4.74 Å². The first kappa shape index (κ1) is 12.2. The number of rotatable bonds is 2. The normalized spacial score (nSPS) is 18.7. The van der Waals surface area contributed by atoms with Crippen molar-refractivity contribution in [2.45, 2.75) is 32.4 Å². The average Bonchev–Trinajstić information content (AvgIpc) is 2.62. The summed E-state index contributed by atoms with van der Waals surface area (Å²) in [4.78, 5) is 8.83. The first-order chi connectivity index (χ1) is 9.29. The molecule has 0 fully saturated rings. The van der Waals surface area contributed by atoms with E-state index in [0.717, 1.165) is 35.1 Å². The molecule has 0 spiro atoms. The first-order valence-electron chi connectivity index (χ1n) is 6.67. The molecule has 5 nitrogen and oxygen atoms in total. The molecule has 5 heteroatoms. The molecule has 3 heterocycles. The molecule has 19 heavy (non-hydrogen) atoms. The van der Waals surface area contributed by atoms with Gasteiger partial charge in [0.15, 0.2) is 0 Å². The second-order valence-electron chi connectivity index (χ2n) is 4.87. The van der Waals surface area contributed by atoms with Gasteiger partial charge in [-0.25, -0.2) is 4.98 Å². The third kappa shape index (κ3) is 2.21. The maximum atomic E-state index is 6.04. The van der Waals surface area contributed by atoms with Crippen molar-refractivity contribution in [3.05, 3.63) is 23.9 Å². The van der Waals surface area contributed by atoms with Crippen molar-refractivity contribution in [1.82, 2.24) is 9.97 Å². The Kier molecular flexibility index (Phi) is 3.21. The molecule has 1 aliphatic heterocycles. The highest BCUT2D eigenvalue weighted by Crippen LogP contribution is 2.31. The Balaban J connectivity index is 2.14. The minimum atomic E-state index is 0.304. The predicted octanol–water partition coefficient (Wildman–Crippen LogP) is 2.32. The number of pyridine rings is 2. The molecule has 0 saturated carbocycles. The minimum Gasteiger partial charge on any atom is -0.383 e. The summed E-state index contributed by atoms with van der Waals surface area (Å²) in [5, 5.41) is 3.54. The number of aromatic nitrogens is 2. The Morgan fingerprint density at radius 2 is 2.42 bits per heavy atom. The van der Waals surface area contributed by atoms with E-state index < -0.39 is 0 Å². The Morgan fingerprint density at radius 3 is 3.26 bits per heavy atom. The van der Waals surface area contributed by atoms with Gasteiger partial charge in [-0.05, 0) is 18.6 Å². The van der Waals surface area contributed by atoms with Crippen LogP contribution in [-0.2, 0) is 11.3 Å². The van der Waals surface area contributed by atoms with Gasteiger partial charge in [0, 0.05) is 17.8 Å². The molecule has 2 aromatic rings. The predicted molar refractivity (Wildman–Crippen MR) is 75.9 cm³/mol. The summed E-state index contributed by atoms with van der Waals surface area (Å²) in [6.45, 7) is 3.36. The van der Waals surface area contributed by atoms with Gasteiger partial charge in [0.2, 0.25) is 0 Å². The maximum Gasteiger partial charge on any atom is 0.131 e. The van der Waals surface area contributed by atoms with E-state index in [9.17, 15) is 0 Å². The molecule has 1 atom stereocenters. The van der Waals surface area contributed by atoms with Crippen LogP contribution in [0.4, 0.5) is 11.5 Å². The number of anilines is 2. The number of nitrogens with two attached hydrogens (primary N) is 1. The molecule has 2 aromatic heterocycles. The van der Waals surface area contributed by atoms with Crippen molar-refractivity contribution in [3.8, 4) is 0 Å². The molecule has 0 bridgehead atoms. The largest absolute Gasteiger partial charge is 0.383 e. The van der Waals surface area contributed by atoms with Gasteiger partial charge in [-0.2, -0.15) is 0 Å². The van der Waals surface area contributed by atoms with Crippen LogP contribution in [0.2, 0.25) is 0 Å². The molecule has 3 rings (SSSR count). The van der Waals surface area contributed by atoms with E-state index >= 15 is 0 Å². The van der Waals surface area contributed by atoms with Gasteiger partial charge in [0.25, 0.3) is 0 Å². The molecule has 100 valence electrons. The third-order valence-electron chi connectivity index (χ3n) is 3.43. The summed E-state index contributed by atoms with van der Waals surface area (Å²) in [5.41, 5.74) is 9.64.